The van der Waals surface area contributed by atoms with Crippen molar-refractivity contribution in [2.24, 2.45) is 0 Å². The minimum absolute atomic E-state index is 0.230. The van der Waals surface area contributed by atoms with Crippen LogP contribution in [0.25, 0.3) is 0 Å². The first kappa shape index (κ1) is 13.1. The normalized spacial score (nSPS) is 30.3. The van der Waals surface area contributed by atoms with E-state index in [-0.39, 0.29) is 6.10 Å². The Labute approximate surface area is 115 Å². The fourth-order valence-corrected chi connectivity index (χ4v) is 3.54. The Hall–Kier alpha value is -0.860. The summed E-state index contributed by atoms with van der Waals surface area (Å²) >= 11 is 0. The molecule has 1 saturated heterocycles. The summed E-state index contributed by atoms with van der Waals surface area (Å²) in [6, 6.07) is 6.78. The molecular formula is C17H24O2. The third-order valence-electron chi connectivity index (χ3n) is 4.68. The van der Waals surface area contributed by atoms with E-state index in [1.54, 1.807) is 0 Å². The Balaban J connectivity index is 1.73. The molecule has 2 unspecified atom stereocenters. The van der Waals surface area contributed by atoms with Crippen molar-refractivity contribution in [2.45, 2.75) is 63.6 Å². The van der Waals surface area contributed by atoms with Gasteiger partial charge in [-0.1, -0.05) is 25.1 Å². The van der Waals surface area contributed by atoms with E-state index in [0.717, 1.165) is 25.7 Å². The van der Waals surface area contributed by atoms with Crippen molar-refractivity contribution in [3.8, 4) is 0 Å². The van der Waals surface area contributed by atoms with Gasteiger partial charge < -0.3 is 9.84 Å². The van der Waals surface area contributed by atoms with Crippen molar-refractivity contribution in [1.29, 1.82) is 0 Å². The van der Waals surface area contributed by atoms with Gasteiger partial charge in [0.2, 0.25) is 0 Å². The summed E-state index contributed by atoms with van der Waals surface area (Å²) in [5.41, 5.74) is 3.74. The van der Waals surface area contributed by atoms with Crippen LogP contribution >= 0.6 is 0 Å². The second-order valence-corrected chi connectivity index (χ2v) is 6.21. The van der Waals surface area contributed by atoms with Gasteiger partial charge in [0.05, 0.1) is 11.7 Å². The Morgan fingerprint density at radius 1 is 1.32 bits per heavy atom. The van der Waals surface area contributed by atoms with Crippen LogP contribution in [0.5, 0.6) is 0 Å². The van der Waals surface area contributed by atoms with Crippen molar-refractivity contribution in [3.05, 3.63) is 34.9 Å². The molecule has 2 heteroatoms. The molecule has 0 amide bonds. The largest absolute Gasteiger partial charge is 0.389 e. The SMILES string of the molecule is CCC1CC(O)(Cc2ccc3c(c2)CCC3)CCO1. The van der Waals surface area contributed by atoms with E-state index in [2.05, 4.69) is 25.1 Å². The molecule has 1 aromatic carbocycles. The lowest BCUT2D eigenvalue weighted by Crippen LogP contribution is -2.42. The van der Waals surface area contributed by atoms with Gasteiger partial charge >= 0.3 is 0 Å². The van der Waals surface area contributed by atoms with Crippen molar-refractivity contribution in [2.75, 3.05) is 6.61 Å². The average molecular weight is 260 g/mol. The lowest BCUT2D eigenvalue weighted by Gasteiger charge is -2.37. The molecule has 2 aliphatic rings. The van der Waals surface area contributed by atoms with Gasteiger partial charge in [-0.2, -0.15) is 0 Å². The summed E-state index contributed by atoms with van der Waals surface area (Å²) in [6.07, 6.45) is 7.27. The highest BCUT2D eigenvalue weighted by Gasteiger charge is 2.34. The first-order chi connectivity index (χ1) is 9.18. The summed E-state index contributed by atoms with van der Waals surface area (Å²) in [5, 5.41) is 10.8. The van der Waals surface area contributed by atoms with Crippen molar-refractivity contribution < 1.29 is 9.84 Å². The highest BCUT2D eigenvalue weighted by molar-refractivity contribution is 5.35. The molecule has 0 saturated carbocycles. The van der Waals surface area contributed by atoms with E-state index in [0.29, 0.717) is 6.61 Å². The minimum Gasteiger partial charge on any atom is -0.389 e. The van der Waals surface area contributed by atoms with Crippen LogP contribution in [0.15, 0.2) is 18.2 Å². The van der Waals surface area contributed by atoms with Crippen LogP contribution in [0, 0.1) is 0 Å². The molecule has 1 heterocycles. The topological polar surface area (TPSA) is 29.5 Å². The van der Waals surface area contributed by atoms with Gasteiger partial charge in [-0.25, -0.2) is 0 Å². The Morgan fingerprint density at radius 2 is 2.16 bits per heavy atom. The molecule has 1 aromatic rings. The van der Waals surface area contributed by atoms with Gasteiger partial charge in [-0.3, -0.25) is 0 Å². The fourth-order valence-electron chi connectivity index (χ4n) is 3.54. The maximum absolute atomic E-state index is 10.8. The van der Waals surface area contributed by atoms with Crippen LogP contribution in [0.4, 0.5) is 0 Å². The molecule has 0 radical (unpaired) electrons. The first-order valence-electron chi connectivity index (χ1n) is 7.63. The summed E-state index contributed by atoms with van der Waals surface area (Å²) < 4.78 is 5.67. The van der Waals surface area contributed by atoms with Gasteiger partial charge in [0.1, 0.15) is 0 Å². The summed E-state index contributed by atoms with van der Waals surface area (Å²) in [4.78, 5) is 0. The van der Waals surface area contributed by atoms with Gasteiger partial charge in [0, 0.05) is 19.4 Å². The molecule has 1 aliphatic heterocycles. The van der Waals surface area contributed by atoms with Crippen LogP contribution in [-0.2, 0) is 24.0 Å². The third-order valence-corrected chi connectivity index (χ3v) is 4.68. The Bertz CT molecular complexity index is 455. The highest BCUT2D eigenvalue weighted by Crippen LogP contribution is 2.31. The quantitative estimate of drug-likeness (QED) is 0.905. The van der Waals surface area contributed by atoms with Crippen LogP contribution in [0.1, 0.15) is 49.3 Å². The summed E-state index contributed by atoms with van der Waals surface area (Å²) in [7, 11) is 0. The van der Waals surface area contributed by atoms with Crippen molar-refractivity contribution in [1.82, 2.24) is 0 Å². The van der Waals surface area contributed by atoms with Gasteiger partial charge in [0.25, 0.3) is 0 Å². The van der Waals surface area contributed by atoms with E-state index in [1.807, 2.05) is 0 Å². The first-order valence-corrected chi connectivity index (χ1v) is 7.63. The molecule has 2 atom stereocenters. The molecule has 1 fully saturated rings. The molecule has 1 aliphatic carbocycles. The van der Waals surface area contributed by atoms with E-state index >= 15 is 0 Å². The van der Waals surface area contributed by atoms with Gasteiger partial charge in [0.15, 0.2) is 0 Å². The zero-order chi connectivity index (χ0) is 13.3. The highest BCUT2D eigenvalue weighted by atomic mass is 16.5. The van der Waals surface area contributed by atoms with Crippen molar-refractivity contribution >= 4 is 0 Å². The third kappa shape index (κ3) is 2.85. The number of hydrogen-bond acceptors (Lipinski definition) is 2. The molecule has 0 aromatic heterocycles. The summed E-state index contributed by atoms with van der Waals surface area (Å²) in [6.45, 7) is 2.83. The monoisotopic (exact) mass is 260 g/mol. The van der Waals surface area contributed by atoms with E-state index < -0.39 is 5.60 Å². The molecule has 0 spiro atoms. The lowest BCUT2D eigenvalue weighted by molar-refractivity contribution is -0.103. The number of hydrogen-bond donors (Lipinski definition) is 1. The zero-order valence-corrected chi connectivity index (χ0v) is 11.8. The minimum atomic E-state index is -0.564. The molecular weight excluding hydrogens is 236 g/mol. The van der Waals surface area contributed by atoms with E-state index in [4.69, 9.17) is 4.74 Å². The second kappa shape index (κ2) is 5.26. The molecule has 104 valence electrons. The predicted molar refractivity (Wildman–Crippen MR) is 76.4 cm³/mol. The van der Waals surface area contributed by atoms with Crippen LogP contribution in [0.2, 0.25) is 0 Å². The smallest absolute Gasteiger partial charge is 0.0734 e. The number of ether oxygens (including phenoxy) is 1. The number of rotatable bonds is 3. The van der Waals surface area contributed by atoms with Crippen LogP contribution in [0.3, 0.4) is 0 Å². The number of benzene rings is 1. The lowest BCUT2D eigenvalue weighted by atomic mass is 9.83. The maximum Gasteiger partial charge on any atom is 0.0734 e. The van der Waals surface area contributed by atoms with Gasteiger partial charge in [-0.05, 0) is 48.8 Å². The van der Waals surface area contributed by atoms with Crippen LogP contribution in [-0.4, -0.2) is 23.4 Å². The summed E-state index contributed by atoms with van der Waals surface area (Å²) in [5.74, 6) is 0. The van der Waals surface area contributed by atoms with E-state index in [1.165, 1.54) is 36.0 Å². The van der Waals surface area contributed by atoms with Crippen molar-refractivity contribution in [3.63, 3.8) is 0 Å². The van der Waals surface area contributed by atoms with E-state index in [9.17, 15) is 5.11 Å². The molecule has 3 rings (SSSR count). The molecule has 0 bridgehead atoms. The number of aliphatic hydroxyl groups is 1. The maximum atomic E-state index is 10.8. The standard InChI is InChI=1S/C17H24O2/c1-2-16-12-17(18,8-9-19-16)11-13-6-7-14-4-3-5-15(14)10-13/h6-7,10,16,18H,2-5,8-9,11-12H2,1H3. The average Bonchev–Trinajstić information content (AvgIpc) is 2.85. The molecule has 1 N–H and O–H groups in total. The van der Waals surface area contributed by atoms with Gasteiger partial charge in [-0.15, -0.1) is 0 Å². The Kier molecular flexibility index (Phi) is 3.64. The number of aryl methyl sites for hydroxylation is 2. The zero-order valence-electron chi connectivity index (χ0n) is 11.8. The molecule has 2 nitrogen and oxygen atoms in total. The second-order valence-electron chi connectivity index (χ2n) is 6.21. The Morgan fingerprint density at radius 3 is 3.00 bits per heavy atom. The molecule has 19 heavy (non-hydrogen) atoms. The fraction of sp³-hybridized carbons (Fsp3) is 0.647. The number of fused-ring (bicyclic) bond motifs is 1. The predicted octanol–water partition coefficient (Wildman–Crippen LogP) is 3.04. The van der Waals surface area contributed by atoms with Crippen LogP contribution < -0.4 is 0 Å².